The van der Waals surface area contributed by atoms with Gasteiger partial charge in [0.2, 0.25) is 23.5 Å². The van der Waals surface area contributed by atoms with E-state index in [4.69, 9.17) is 9.05 Å². The third-order valence-electron chi connectivity index (χ3n) is 5.13. The minimum atomic E-state index is -0.346. The van der Waals surface area contributed by atoms with Gasteiger partial charge in [0.1, 0.15) is 5.82 Å². The summed E-state index contributed by atoms with van der Waals surface area (Å²) in [6, 6.07) is 7.84. The van der Waals surface area contributed by atoms with Gasteiger partial charge in [-0.05, 0) is 37.4 Å². The van der Waals surface area contributed by atoms with Crippen LogP contribution in [0.1, 0.15) is 50.1 Å². The Morgan fingerprint density at radius 2 is 2.17 bits per heavy atom. The first kappa shape index (κ1) is 20.2. The van der Waals surface area contributed by atoms with E-state index in [0.29, 0.717) is 29.7 Å². The Morgan fingerprint density at radius 1 is 1.30 bits per heavy atom. The average Bonchev–Trinajstić information content (AvgIpc) is 3.38. The minimum Gasteiger partial charge on any atom is -0.339 e. The van der Waals surface area contributed by atoms with Crippen molar-refractivity contribution in [2.24, 2.45) is 0 Å². The lowest BCUT2D eigenvalue weighted by Crippen LogP contribution is -2.39. The molecule has 1 saturated heterocycles. The fourth-order valence-corrected chi connectivity index (χ4v) is 3.55. The van der Waals surface area contributed by atoms with Crippen molar-refractivity contribution in [3.8, 4) is 11.4 Å². The third kappa shape index (κ3) is 4.73. The molecule has 1 aromatic carbocycles. The molecule has 1 unspecified atom stereocenters. The van der Waals surface area contributed by atoms with Gasteiger partial charge in [-0.3, -0.25) is 15.0 Å². The molecular formula is C21H24FN5O3. The second-order valence-electron chi connectivity index (χ2n) is 7.86. The Kier molecular flexibility index (Phi) is 5.89. The molecule has 4 rings (SSSR count). The second kappa shape index (κ2) is 8.74. The van der Waals surface area contributed by atoms with Gasteiger partial charge in [-0.25, -0.2) is 4.39 Å². The zero-order chi connectivity index (χ0) is 21.1. The number of hydrogen-bond acceptors (Lipinski definition) is 7. The van der Waals surface area contributed by atoms with Gasteiger partial charge in [0.15, 0.2) is 0 Å². The molecule has 0 radical (unpaired) electrons. The summed E-state index contributed by atoms with van der Waals surface area (Å²) in [5.41, 5.74) is 1.37. The van der Waals surface area contributed by atoms with E-state index in [1.54, 1.807) is 18.2 Å². The molecule has 0 saturated carbocycles. The molecule has 1 atom stereocenters. The quantitative estimate of drug-likeness (QED) is 0.656. The van der Waals surface area contributed by atoms with E-state index in [0.717, 1.165) is 25.1 Å². The largest absolute Gasteiger partial charge is 0.339 e. The molecular weight excluding hydrogens is 389 g/mol. The van der Waals surface area contributed by atoms with Crippen LogP contribution >= 0.6 is 0 Å². The van der Waals surface area contributed by atoms with Gasteiger partial charge in [-0.2, -0.15) is 4.98 Å². The number of benzene rings is 1. The summed E-state index contributed by atoms with van der Waals surface area (Å²) in [4.78, 5) is 18.9. The summed E-state index contributed by atoms with van der Waals surface area (Å²) in [5.74, 6) is 0.984. The fraction of sp³-hybridized carbons (Fsp3) is 0.429. The molecule has 3 aromatic rings. The van der Waals surface area contributed by atoms with Crippen LogP contribution in [0.25, 0.3) is 11.4 Å². The smallest absolute Gasteiger partial charge is 0.240 e. The number of nitrogens with one attached hydrogen (secondary N) is 1. The monoisotopic (exact) mass is 413 g/mol. The van der Waals surface area contributed by atoms with Crippen molar-refractivity contribution in [1.82, 2.24) is 20.2 Å². The Balaban J connectivity index is 1.35. The van der Waals surface area contributed by atoms with Gasteiger partial charge in [0.25, 0.3) is 0 Å². The van der Waals surface area contributed by atoms with Crippen LogP contribution in [0, 0.1) is 5.82 Å². The van der Waals surface area contributed by atoms with Crippen LogP contribution < -0.4 is 5.32 Å². The summed E-state index contributed by atoms with van der Waals surface area (Å²) in [6.45, 7) is 5.69. The van der Waals surface area contributed by atoms with Crippen molar-refractivity contribution in [2.75, 3.05) is 25.0 Å². The van der Waals surface area contributed by atoms with Crippen molar-refractivity contribution in [1.29, 1.82) is 0 Å². The van der Waals surface area contributed by atoms with Gasteiger partial charge in [0.05, 0.1) is 18.2 Å². The van der Waals surface area contributed by atoms with E-state index >= 15 is 0 Å². The number of amides is 1. The van der Waals surface area contributed by atoms with Crippen molar-refractivity contribution >= 4 is 11.8 Å². The molecule has 1 N–H and O–H groups in total. The molecule has 30 heavy (non-hydrogen) atoms. The molecule has 1 aliphatic heterocycles. The van der Waals surface area contributed by atoms with Crippen molar-refractivity contribution in [3.05, 3.63) is 47.7 Å². The van der Waals surface area contributed by atoms with Gasteiger partial charge >= 0.3 is 0 Å². The maximum Gasteiger partial charge on any atom is 0.240 e. The standard InChI is InChI=1S/C21H24FN5O3/c1-13(2)17-10-19(29-25-17)23-18(28)12-27-8-4-6-15(11-27)21-24-20(26-30-21)14-5-3-7-16(22)9-14/h3,5,7,9-10,13,15H,4,6,8,11-12H2,1-2H3,(H,23,28). The highest BCUT2D eigenvalue weighted by atomic mass is 19.1. The van der Waals surface area contributed by atoms with E-state index in [2.05, 4.69) is 25.5 Å². The Labute approximate surface area is 173 Å². The van der Waals surface area contributed by atoms with Crippen molar-refractivity contribution < 1.29 is 18.2 Å². The van der Waals surface area contributed by atoms with Crippen LogP contribution in [0.2, 0.25) is 0 Å². The number of carbonyl (C=O) groups excluding carboxylic acids is 1. The molecule has 1 aliphatic rings. The number of aromatic nitrogens is 3. The number of hydrogen-bond donors (Lipinski definition) is 1. The normalized spacial score (nSPS) is 17.4. The van der Waals surface area contributed by atoms with Crippen molar-refractivity contribution in [2.45, 2.75) is 38.5 Å². The number of piperidine rings is 1. The van der Waals surface area contributed by atoms with Crippen LogP contribution in [-0.2, 0) is 4.79 Å². The number of likely N-dealkylation sites (tertiary alicyclic amines) is 1. The van der Waals surface area contributed by atoms with Gasteiger partial charge < -0.3 is 9.05 Å². The lowest BCUT2D eigenvalue weighted by atomic mass is 9.98. The van der Waals surface area contributed by atoms with E-state index in [1.165, 1.54) is 12.1 Å². The Hall–Kier alpha value is -3.07. The number of nitrogens with zero attached hydrogens (tertiary/aromatic N) is 4. The first-order chi connectivity index (χ1) is 14.5. The minimum absolute atomic E-state index is 0.0270. The molecule has 1 amide bonds. The highest BCUT2D eigenvalue weighted by molar-refractivity contribution is 5.91. The molecule has 1 fully saturated rings. The molecule has 2 aromatic heterocycles. The predicted molar refractivity (Wildman–Crippen MR) is 107 cm³/mol. The van der Waals surface area contributed by atoms with E-state index in [9.17, 15) is 9.18 Å². The second-order valence-corrected chi connectivity index (χ2v) is 7.86. The lowest BCUT2D eigenvalue weighted by molar-refractivity contribution is -0.117. The van der Waals surface area contributed by atoms with Gasteiger partial charge in [-0.15, -0.1) is 0 Å². The summed E-state index contributed by atoms with van der Waals surface area (Å²) in [7, 11) is 0. The highest BCUT2D eigenvalue weighted by Crippen LogP contribution is 2.28. The lowest BCUT2D eigenvalue weighted by Gasteiger charge is -2.30. The molecule has 9 heteroatoms. The third-order valence-corrected chi connectivity index (χ3v) is 5.13. The zero-order valence-corrected chi connectivity index (χ0v) is 17.0. The van der Waals surface area contributed by atoms with Gasteiger partial charge in [0, 0.05) is 18.2 Å². The summed E-state index contributed by atoms with van der Waals surface area (Å²) < 4.78 is 24.1. The van der Waals surface area contributed by atoms with E-state index in [1.807, 2.05) is 13.8 Å². The SMILES string of the molecule is CC(C)c1cc(NC(=O)CN2CCCC(c3nc(-c4cccc(F)c4)no3)C2)on1. The van der Waals surface area contributed by atoms with Crippen LogP contribution in [0.4, 0.5) is 10.3 Å². The first-order valence-electron chi connectivity index (χ1n) is 10.1. The maximum atomic E-state index is 13.4. The molecule has 0 bridgehead atoms. The summed E-state index contributed by atoms with van der Waals surface area (Å²) >= 11 is 0. The number of rotatable bonds is 6. The number of halogens is 1. The molecule has 8 nitrogen and oxygen atoms in total. The summed E-state index contributed by atoms with van der Waals surface area (Å²) in [6.07, 6.45) is 1.80. The Bertz CT molecular complexity index is 1020. The zero-order valence-electron chi connectivity index (χ0n) is 17.0. The Morgan fingerprint density at radius 3 is 2.93 bits per heavy atom. The summed E-state index contributed by atoms with van der Waals surface area (Å²) in [5, 5.41) is 10.7. The average molecular weight is 413 g/mol. The van der Waals surface area contributed by atoms with Crippen LogP contribution in [0.15, 0.2) is 39.4 Å². The van der Waals surface area contributed by atoms with E-state index < -0.39 is 0 Å². The first-order valence-corrected chi connectivity index (χ1v) is 10.1. The van der Waals surface area contributed by atoms with E-state index in [-0.39, 0.29) is 30.1 Å². The topological polar surface area (TPSA) is 97.3 Å². The number of anilines is 1. The van der Waals surface area contributed by atoms with Crippen molar-refractivity contribution in [3.63, 3.8) is 0 Å². The number of carbonyl (C=O) groups is 1. The molecule has 0 spiro atoms. The van der Waals surface area contributed by atoms with Gasteiger partial charge in [-0.1, -0.05) is 36.3 Å². The predicted octanol–water partition coefficient (Wildman–Crippen LogP) is 3.81. The molecule has 158 valence electrons. The van der Waals surface area contributed by atoms with Crippen LogP contribution in [0.5, 0.6) is 0 Å². The highest BCUT2D eigenvalue weighted by Gasteiger charge is 2.27. The molecule has 0 aliphatic carbocycles. The fourth-order valence-electron chi connectivity index (χ4n) is 3.55. The van der Waals surface area contributed by atoms with Crippen LogP contribution in [0.3, 0.4) is 0 Å². The van der Waals surface area contributed by atoms with Crippen LogP contribution in [-0.4, -0.2) is 45.7 Å². The molecule has 3 heterocycles. The maximum absolute atomic E-state index is 13.4.